The van der Waals surface area contributed by atoms with E-state index in [9.17, 15) is 0 Å². The predicted octanol–water partition coefficient (Wildman–Crippen LogP) is 6.98. The third kappa shape index (κ3) is 2.23. The SMILES string of the molecule is CCc1nc2c(cc3c4c(cccc42)C(c2cccs2)=C(c2cccs2)O3)o1. The van der Waals surface area contributed by atoms with E-state index in [1.807, 2.05) is 6.07 Å². The molecule has 28 heavy (non-hydrogen) atoms. The minimum absolute atomic E-state index is 0.753. The Morgan fingerprint density at radius 3 is 2.54 bits per heavy atom. The fraction of sp³-hybridized carbons (Fsp3) is 0.0870. The number of aryl methyl sites for hydroxylation is 1. The van der Waals surface area contributed by atoms with Crippen molar-refractivity contribution in [1.82, 2.24) is 4.98 Å². The first-order valence-corrected chi connectivity index (χ1v) is 10.9. The summed E-state index contributed by atoms with van der Waals surface area (Å²) in [4.78, 5) is 7.05. The van der Waals surface area contributed by atoms with Crippen molar-refractivity contribution in [2.45, 2.75) is 13.3 Å². The van der Waals surface area contributed by atoms with Crippen LogP contribution in [0.5, 0.6) is 5.75 Å². The lowest BCUT2D eigenvalue weighted by atomic mass is 9.92. The minimum atomic E-state index is 0.753. The monoisotopic (exact) mass is 401 g/mol. The minimum Gasteiger partial charge on any atom is -0.454 e. The second-order valence-corrected chi connectivity index (χ2v) is 8.57. The molecule has 3 nitrogen and oxygen atoms in total. The van der Waals surface area contributed by atoms with Crippen LogP contribution in [0.25, 0.3) is 33.2 Å². The maximum atomic E-state index is 6.54. The summed E-state index contributed by atoms with van der Waals surface area (Å²) in [6.07, 6.45) is 0.769. The van der Waals surface area contributed by atoms with Crippen LogP contribution in [0.4, 0.5) is 0 Å². The van der Waals surface area contributed by atoms with E-state index in [2.05, 4.69) is 60.1 Å². The van der Waals surface area contributed by atoms with E-state index in [1.165, 1.54) is 10.4 Å². The fourth-order valence-electron chi connectivity index (χ4n) is 3.85. The molecule has 0 unspecified atom stereocenters. The average molecular weight is 402 g/mol. The summed E-state index contributed by atoms with van der Waals surface area (Å²) < 4.78 is 12.5. The summed E-state index contributed by atoms with van der Waals surface area (Å²) >= 11 is 3.43. The number of hydrogen-bond acceptors (Lipinski definition) is 5. The highest BCUT2D eigenvalue weighted by Crippen LogP contribution is 2.48. The highest BCUT2D eigenvalue weighted by molar-refractivity contribution is 7.12. The van der Waals surface area contributed by atoms with Gasteiger partial charge in [0.2, 0.25) is 0 Å². The Morgan fingerprint density at radius 2 is 1.79 bits per heavy atom. The first kappa shape index (κ1) is 16.1. The van der Waals surface area contributed by atoms with Gasteiger partial charge in [-0.3, -0.25) is 0 Å². The molecule has 5 heteroatoms. The number of thiophene rings is 2. The molecule has 6 rings (SSSR count). The molecule has 0 saturated heterocycles. The van der Waals surface area contributed by atoms with Crippen molar-refractivity contribution < 1.29 is 9.15 Å². The normalized spacial score (nSPS) is 13.5. The van der Waals surface area contributed by atoms with Gasteiger partial charge in [0.05, 0.1) is 4.88 Å². The van der Waals surface area contributed by atoms with Crippen molar-refractivity contribution >= 4 is 55.9 Å². The Hall–Kier alpha value is -2.89. The molecule has 1 aliphatic heterocycles. The highest BCUT2D eigenvalue weighted by atomic mass is 32.1. The molecule has 2 aromatic carbocycles. The molecule has 5 aromatic rings. The molecule has 1 aliphatic rings. The van der Waals surface area contributed by atoms with Crippen molar-refractivity contribution in [3.05, 3.63) is 80.5 Å². The Bertz CT molecular complexity index is 1360. The first-order valence-electron chi connectivity index (χ1n) is 9.19. The molecule has 0 amide bonds. The van der Waals surface area contributed by atoms with Crippen molar-refractivity contribution in [3.63, 3.8) is 0 Å². The molecule has 0 aliphatic carbocycles. The maximum absolute atomic E-state index is 6.54. The van der Waals surface area contributed by atoms with Crippen LogP contribution in [0.2, 0.25) is 0 Å². The fourth-order valence-corrected chi connectivity index (χ4v) is 5.34. The molecule has 0 atom stereocenters. The van der Waals surface area contributed by atoms with E-state index >= 15 is 0 Å². The summed E-state index contributed by atoms with van der Waals surface area (Å²) in [6.45, 7) is 2.05. The van der Waals surface area contributed by atoms with Gasteiger partial charge in [-0.25, -0.2) is 4.98 Å². The second kappa shape index (κ2) is 6.06. The highest BCUT2D eigenvalue weighted by Gasteiger charge is 2.28. The molecule has 0 radical (unpaired) electrons. The van der Waals surface area contributed by atoms with E-state index in [0.717, 1.165) is 56.1 Å². The maximum Gasteiger partial charge on any atom is 0.195 e. The van der Waals surface area contributed by atoms with Crippen molar-refractivity contribution in [2.75, 3.05) is 0 Å². The lowest BCUT2D eigenvalue weighted by Crippen LogP contribution is -2.05. The molecule has 136 valence electrons. The zero-order chi connectivity index (χ0) is 18.7. The van der Waals surface area contributed by atoms with Gasteiger partial charge in [0.15, 0.2) is 17.2 Å². The van der Waals surface area contributed by atoms with Crippen LogP contribution in [0.1, 0.15) is 28.1 Å². The molecule has 0 saturated carbocycles. The third-order valence-electron chi connectivity index (χ3n) is 5.05. The Labute approximate surface area is 169 Å². The number of fused-ring (bicyclic) bond motifs is 2. The zero-order valence-electron chi connectivity index (χ0n) is 15.1. The van der Waals surface area contributed by atoms with Crippen LogP contribution < -0.4 is 4.74 Å². The third-order valence-corrected chi connectivity index (χ3v) is 6.81. The Morgan fingerprint density at radius 1 is 0.964 bits per heavy atom. The van der Waals surface area contributed by atoms with Crippen molar-refractivity contribution in [2.24, 2.45) is 0 Å². The van der Waals surface area contributed by atoms with Gasteiger partial charge < -0.3 is 9.15 Å². The largest absolute Gasteiger partial charge is 0.454 e. The van der Waals surface area contributed by atoms with Gasteiger partial charge >= 0.3 is 0 Å². The smallest absolute Gasteiger partial charge is 0.195 e. The van der Waals surface area contributed by atoms with Gasteiger partial charge in [-0.05, 0) is 28.5 Å². The van der Waals surface area contributed by atoms with E-state index in [1.54, 1.807) is 22.7 Å². The summed E-state index contributed by atoms with van der Waals surface area (Å²) in [5.41, 5.74) is 4.02. The molecule has 4 heterocycles. The van der Waals surface area contributed by atoms with Gasteiger partial charge in [-0.2, -0.15) is 0 Å². The zero-order valence-corrected chi connectivity index (χ0v) is 16.7. The summed E-state index contributed by atoms with van der Waals surface area (Å²) in [5, 5.41) is 6.38. The predicted molar refractivity (Wildman–Crippen MR) is 116 cm³/mol. The lowest BCUT2D eigenvalue weighted by Gasteiger charge is -2.23. The van der Waals surface area contributed by atoms with Gasteiger partial charge in [0, 0.05) is 33.7 Å². The van der Waals surface area contributed by atoms with Crippen LogP contribution in [-0.2, 0) is 6.42 Å². The molecular formula is C23H15NO2S2. The number of aromatic nitrogens is 1. The Kier molecular flexibility index (Phi) is 3.48. The average Bonchev–Trinajstić information content (AvgIpc) is 3.48. The van der Waals surface area contributed by atoms with Gasteiger partial charge in [0.1, 0.15) is 11.3 Å². The van der Waals surface area contributed by atoms with E-state index in [4.69, 9.17) is 14.1 Å². The van der Waals surface area contributed by atoms with Gasteiger partial charge in [-0.1, -0.05) is 37.3 Å². The molecule has 0 bridgehead atoms. The van der Waals surface area contributed by atoms with E-state index < -0.39 is 0 Å². The van der Waals surface area contributed by atoms with Crippen molar-refractivity contribution in [3.8, 4) is 5.75 Å². The number of benzene rings is 2. The number of oxazole rings is 1. The Balaban J connectivity index is 1.74. The number of hydrogen-bond donors (Lipinski definition) is 0. The quantitative estimate of drug-likeness (QED) is 0.327. The van der Waals surface area contributed by atoms with Crippen LogP contribution in [-0.4, -0.2) is 4.98 Å². The summed E-state index contributed by atoms with van der Waals surface area (Å²) in [6, 6.07) is 16.8. The first-order chi connectivity index (χ1) is 13.8. The lowest BCUT2D eigenvalue weighted by molar-refractivity contribution is 0.514. The van der Waals surface area contributed by atoms with E-state index in [0.29, 0.717) is 0 Å². The topological polar surface area (TPSA) is 35.3 Å². The number of ether oxygens (including phenoxy) is 1. The molecule has 0 N–H and O–H groups in total. The molecule has 0 fully saturated rings. The summed E-state index contributed by atoms with van der Waals surface area (Å²) in [7, 11) is 0. The summed E-state index contributed by atoms with van der Waals surface area (Å²) in [5.74, 6) is 2.50. The number of nitrogens with zero attached hydrogens (tertiary/aromatic N) is 1. The number of rotatable bonds is 3. The molecular weight excluding hydrogens is 386 g/mol. The van der Waals surface area contributed by atoms with Crippen LogP contribution in [0, 0.1) is 0 Å². The van der Waals surface area contributed by atoms with E-state index in [-0.39, 0.29) is 0 Å². The second-order valence-electron chi connectivity index (χ2n) is 6.67. The molecule has 3 aromatic heterocycles. The van der Waals surface area contributed by atoms with Crippen LogP contribution in [0.15, 0.2) is 63.7 Å². The molecule has 0 spiro atoms. The van der Waals surface area contributed by atoms with Crippen LogP contribution in [0.3, 0.4) is 0 Å². The van der Waals surface area contributed by atoms with Crippen LogP contribution >= 0.6 is 22.7 Å². The van der Waals surface area contributed by atoms with Gasteiger partial charge in [0.25, 0.3) is 0 Å². The standard InChI is InChI=1S/C23H15NO2S2/c1-2-19-24-22-14-7-3-6-13-20(14)15(12-16(22)25-19)26-23(18-9-5-11-28-18)21(13)17-8-4-10-27-17/h3-12H,2H2,1H3. The van der Waals surface area contributed by atoms with Gasteiger partial charge in [-0.15, -0.1) is 22.7 Å². The van der Waals surface area contributed by atoms with Crippen molar-refractivity contribution in [1.29, 1.82) is 0 Å².